The van der Waals surface area contributed by atoms with Crippen LogP contribution in [0, 0.1) is 5.82 Å². The highest BCUT2D eigenvalue weighted by Gasteiger charge is 2.15. The number of halogens is 1. The summed E-state index contributed by atoms with van der Waals surface area (Å²) < 4.78 is 12.7. The molecular formula is C13H18FNO3. The Morgan fingerprint density at radius 2 is 2.00 bits per heavy atom. The first-order chi connectivity index (χ1) is 8.52. The van der Waals surface area contributed by atoms with Crippen LogP contribution in [0.4, 0.5) is 4.39 Å². The zero-order valence-corrected chi connectivity index (χ0v) is 10.3. The van der Waals surface area contributed by atoms with Crippen LogP contribution in [0.1, 0.15) is 12.5 Å². The molecule has 5 heteroatoms. The molecule has 1 unspecified atom stereocenters. The molecule has 0 aromatic heterocycles. The van der Waals surface area contributed by atoms with Crippen molar-refractivity contribution in [1.29, 1.82) is 0 Å². The Bertz CT molecular complexity index is 378. The van der Waals surface area contributed by atoms with Gasteiger partial charge in [-0.05, 0) is 24.6 Å². The molecular weight excluding hydrogens is 237 g/mol. The number of nitrogens with zero attached hydrogens (tertiary/aromatic N) is 1. The predicted octanol–water partition coefficient (Wildman–Crippen LogP) is 0.570. The zero-order valence-electron chi connectivity index (χ0n) is 10.3. The van der Waals surface area contributed by atoms with Crippen LogP contribution in [-0.4, -0.2) is 46.8 Å². The van der Waals surface area contributed by atoms with Gasteiger partial charge in [-0.2, -0.15) is 0 Å². The highest BCUT2D eigenvalue weighted by molar-refractivity contribution is 5.78. The minimum atomic E-state index is -0.645. The van der Waals surface area contributed by atoms with E-state index in [1.165, 1.54) is 17.0 Å². The lowest BCUT2D eigenvalue weighted by molar-refractivity contribution is -0.132. The van der Waals surface area contributed by atoms with Crippen molar-refractivity contribution in [1.82, 2.24) is 4.90 Å². The average molecular weight is 255 g/mol. The molecule has 0 saturated carbocycles. The fourth-order valence-corrected chi connectivity index (χ4v) is 1.65. The maximum absolute atomic E-state index is 12.7. The lowest BCUT2D eigenvalue weighted by Crippen LogP contribution is -2.39. The Hall–Kier alpha value is -1.46. The van der Waals surface area contributed by atoms with Gasteiger partial charge in [0.25, 0.3) is 0 Å². The highest BCUT2D eigenvalue weighted by atomic mass is 19.1. The minimum absolute atomic E-state index is 0.132. The molecule has 0 bridgehead atoms. The molecule has 4 nitrogen and oxygen atoms in total. The maximum atomic E-state index is 12.7. The summed E-state index contributed by atoms with van der Waals surface area (Å²) in [5.41, 5.74) is 0.704. The Morgan fingerprint density at radius 1 is 1.39 bits per heavy atom. The molecule has 0 aliphatic rings. The van der Waals surface area contributed by atoms with Gasteiger partial charge in [-0.3, -0.25) is 4.79 Å². The second-order valence-electron chi connectivity index (χ2n) is 4.22. The summed E-state index contributed by atoms with van der Waals surface area (Å²) in [7, 11) is 0. The average Bonchev–Trinajstić information content (AvgIpc) is 2.31. The fraction of sp³-hybridized carbons (Fsp3) is 0.462. The molecule has 18 heavy (non-hydrogen) atoms. The van der Waals surface area contributed by atoms with E-state index >= 15 is 0 Å². The Morgan fingerprint density at radius 3 is 2.50 bits per heavy atom. The molecule has 2 N–H and O–H groups in total. The molecule has 0 spiro atoms. The third kappa shape index (κ3) is 4.81. The van der Waals surface area contributed by atoms with Gasteiger partial charge in [0.2, 0.25) is 5.91 Å². The first-order valence-corrected chi connectivity index (χ1v) is 5.84. The molecule has 100 valence electrons. The van der Waals surface area contributed by atoms with Crippen LogP contribution in [0.25, 0.3) is 0 Å². The van der Waals surface area contributed by atoms with Crippen molar-refractivity contribution < 1.29 is 19.4 Å². The molecule has 0 saturated heterocycles. The standard InChI is InChI=1S/C13H18FNO3/c1-10(17)9-15(6-7-16)13(18)8-11-2-4-12(14)5-3-11/h2-5,10,16-17H,6-9H2,1H3. The summed E-state index contributed by atoms with van der Waals surface area (Å²) in [6.45, 7) is 1.79. The molecule has 1 aromatic rings. The normalized spacial score (nSPS) is 12.2. The monoisotopic (exact) mass is 255 g/mol. The number of benzene rings is 1. The molecule has 1 rings (SSSR count). The van der Waals surface area contributed by atoms with E-state index in [1.807, 2.05) is 0 Å². The third-order valence-electron chi connectivity index (χ3n) is 2.48. The summed E-state index contributed by atoms with van der Waals surface area (Å²) in [5.74, 6) is -0.543. The first kappa shape index (κ1) is 14.6. The summed E-state index contributed by atoms with van der Waals surface area (Å²) in [4.78, 5) is 13.3. The SMILES string of the molecule is CC(O)CN(CCO)C(=O)Cc1ccc(F)cc1. The molecule has 0 aliphatic carbocycles. The fourth-order valence-electron chi connectivity index (χ4n) is 1.65. The molecule has 0 radical (unpaired) electrons. The molecule has 1 amide bonds. The van der Waals surface area contributed by atoms with Crippen LogP contribution >= 0.6 is 0 Å². The van der Waals surface area contributed by atoms with Crippen molar-refractivity contribution in [3.8, 4) is 0 Å². The van der Waals surface area contributed by atoms with Gasteiger partial charge in [-0.25, -0.2) is 4.39 Å². The number of hydrogen-bond donors (Lipinski definition) is 2. The number of hydrogen-bond acceptors (Lipinski definition) is 3. The molecule has 1 atom stereocenters. The summed E-state index contributed by atoms with van der Waals surface area (Å²) in [6, 6.07) is 5.70. The predicted molar refractivity (Wildman–Crippen MR) is 65.5 cm³/mol. The van der Waals surface area contributed by atoms with Crippen molar-refractivity contribution in [3.05, 3.63) is 35.6 Å². The largest absolute Gasteiger partial charge is 0.395 e. The van der Waals surface area contributed by atoms with Crippen molar-refractivity contribution in [3.63, 3.8) is 0 Å². The van der Waals surface area contributed by atoms with E-state index in [9.17, 15) is 14.3 Å². The van der Waals surface area contributed by atoms with Crippen molar-refractivity contribution in [2.24, 2.45) is 0 Å². The van der Waals surface area contributed by atoms with Gasteiger partial charge in [0.05, 0.1) is 19.1 Å². The summed E-state index contributed by atoms with van der Waals surface area (Å²) >= 11 is 0. The maximum Gasteiger partial charge on any atom is 0.227 e. The zero-order chi connectivity index (χ0) is 13.5. The van der Waals surface area contributed by atoms with Crippen LogP contribution in [0.15, 0.2) is 24.3 Å². The van der Waals surface area contributed by atoms with Crippen LogP contribution in [0.2, 0.25) is 0 Å². The number of carbonyl (C=O) groups excluding carboxylic acids is 1. The van der Waals surface area contributed by atoms with Crippen LogP contribution in [0.3, 0.4) is 0 Å². The Balaban J connectivity index is 2.63. The number of amides is 1. The molecule has 1 aromatic carbocycles. The van der Waals surface area contributed by atoms with Gasteiger partial charge in [0, 0.05) is 13.1 Å². The quantitative estimate of drug-likeness (QED) is 0.781. The van der Waals surface area contributed by atoms with Gasteiger partial charge < -0.3 is 15.1 Å². The number of aliphatic hydroxyl groups is 2. The number of rotatable bonds is 6. The van der Waals surface area contributed by atoms with Crippen LogP contribution in [-0.2, 0) is 11.2 Å². The topological polar surface area (TPSA) is 60.8 Å². The first-order valence-electron chi connectivity index (χ1n) is 5.84. The Kier molecular flexibility index (Phi) is 5.74. The second kappa shape index (κ2) is 7.08. The van der Waals surface area contributed by atoms with E-state index in [0.717, 1.165) is 0 Å². The molecule has 0 aliphatic heterocycles. The van der Waals surface area contributed by atoms with Gasteiger partial charge in [0.15, 0.2) is 0 Å². The van der Waals surface area contributed by atoms with Gasteiger partial charge >= 0.3 is 0 Å². The van der Waals surface area contributed by atoms with E-state index in [-0.39, 0.29) is 37.8 Å². The minimum Gasteiger partial charge on any atom is -0.395 e. The van der Waals surface area contributed by atoms with Crippen molar-refractivity contribution >= 4 is 5.91 Å². The van der Waals surface area contributed by atoms with E-state index in [1.54, 1.807) is 19.1 Å². The second-order valence-corrected chi connectivity index (χ2v) is 4.22. The van der Waals surface area contributed by atoms with Gasteiger partial charge in [-0.1, -0.05) is 12.1 Å². The smallest absolute Gasteiger partial charge is 0.227 e. The lowest BCUT2D eigenvalue weighted by atomic mass is 10.1. The van der Waals surface area contributed by atoms with E-state index < -0.39 is 6.10 Å². The summed E-state index contributed by atoms with van der Waals surface area (Å²) in [6.07, 6.45) is -0.513. The third-order valence-corrected chi connectivity index (χ3v) is 2.48. The van der Waals surface area contributed by atoms with E-state index in [0.29, 0.717) is 5.56 Å². The van der Waals surface area contributed by atoms with Crippen LogP contribution < -0.4 is 0 Å². The van der Waals surface area contributed by atoms with E-state index in [4.69, 9.17) is 5.11 Å². The lowest BCUT2D eigenvalue weighted by Gasteiger charge is -2.23. The van der Waals surface area contributed by atoms with Gasteiger partial charge in [-0.15, -0.1) is 0 Å². The van der Waals surface area contributed by atoms with Gasteiger partial charge in [0.1, 0.15) is 5.82 Å². The Labute approximate surface area is 106 Å². The van der Waals surface area contributed by atoms with E-state index in [2.05, 4.69) is 0 Å². The number of carbonyl (C=O) groups is 1. The van der Waals surface area contributed by atoms with Crippen LogP contribution in [0.5, 0.6) is 0 Å². The number of aliphatic hydroxyl groups excluding tert-OH is 2. The highest BCUT2D eigenvalue weighted by Crippen LogP contribution is 2.06. The van der Waals surface area contributed by atoms with Crippen molar-refractivity contribution in [2.45, 2.75) is 19.4 Å². The molecule has 0 fully saturated rings. The van der Waals surface area contributed by atoms with Crippen molar-refractivity contribution in [2.75, 3.05) is 19.7 Å². The summed E-state index contributed by atoms with van der Waals surface area (Å²) in [5, 5.41) is 18.2. The molecule has 0 heterocycles.